The summed E-state index contributed by atoms with van der Waals surface area (Å²) in [5.41, 5.74) is 0.939. The lowest BCUT2D eigenvalue weighted by Crippen LogP contribution is -2.39. The minimum absolute atomic E-state index is 0.467. The standard InChI is InChI=1S/C12H16Cl2N2/c1-16-6-2-3-10(8-16)15-12-7-9(13)4-5-11(12)14/h4-5,7,10,15H,2-3,6,8H2,1H3. The maximum Gasteiger partial charge on any atom is 0.0638 e. The number of hydrogen-bond acceptors (Lipinski definition) is 2. The van der Waals surface area contributed by atoms with E-state index < -0.39 is 0 Å². The molecule has 88 valence electrons. The summed E-state index contributed by atoms with van der Waals surface area (Å²) in [5.74, 6) is 0. The highest BCUT2D eigenvalue weighted by molar-refractivity contribution is 6.35. The van der Waals surface area contributed by atoms with E-state index in [0.29, 0.717) is 6.04 Å². The van der Waals surface area contributed by atoms with Gasteiger partial charge in [0.2, 0.25) is 0 Å². The van der Waals surface area contributed by atoms with Gasteiger partial charge >= 0.3 is 0 Å². The Morgan fingerprint density at radius 1 is 1.38 bits per heavy atom. The van der Waals surface area contributed by atoms with Crippen LogP contribution in [0.2, 0.25) is 10.0 Å². The Balaban J connectivity index is 2.05. The second kappa shape index (κ2) is 5.26. The molecule has 0 saturated carbocycles. The van der Waals surface area contributed by atoms with E-state index in [1.807, 2.05) is 18.2 Å². The Bertz CT molecular complexity index is 368. The molecule has 1 aromatic carbocycles. The fourth-order valence-electron chi connectivity index (χ4n) is 2.11. The summed E-state index contributed by atoms with van der Waals surface area (Å²) in [4.78, 5) is 2.33. The molecule has 1 atom stereocenters. The first-order valence-electron chi connectivity index (χ1n) is 5.55. The van der Waals surface area contributed by atoms with Crippen LogP contribution in [0, 0.1) is 0 Å². The number of benzene rings is 1. The molecule has 1 aliphatic rings. The van der Waals surface area contributed by atoms with Crippen LogP contribution in [0.4, 0.5) is 5.69 Å². The summed E-state index contributed by atoms with van der Waals surface area (Å²) in [5, 5.41) is 4.91. The number of anilines is 1. The lowest BCUT2D eigenvalue weighted by molar-refractivity contribution is 0.261. The molecule has 0 radical (unpaired) electrons. The van der Waals surface area contributed by atoms with Crippen LogP contribution in [0.15, 0.2) is 18.2 Å². The van der Waals surface area contributed by atoms with Gasteiger partial charge in [-0.2, -0.15) is 0 Å². The van der Waals surface area contributed by atoms with Crippen molar-refractivity contribution in [2.75, 3.05) is 25.5 Å². The molecule has 16 heavy (non-hydrogen) atoms. The number of rotatable bonds is 2. The number of nitrogens with one attached hydrogen (secondary N) is 1. The third-order valence-electron chi connectivity index (χ3n) is 2.91. The van der Waals surface area contributed by atoms with Crippen molar-refractivity contribution in [3.63, 3.8) is 0 Å². The Morgan fingerprint density at radius 3 is 2.94 bits per heavy atom. The van der Waals surface area contributed by atoms with Crippen LogP contribution in [-0.4, -0.2) is 31.1 Å². The van der Waals surface area contributed by atoms with E-state index in [2.05, 4.69) is 17.3 Å². The fourth-order valence-corrected chi connectivity index (χ4v) is 2.46. The van der Waals surface area contributed by atoms with Gasteiger partial charge in [-0.25, -0.2) is 0 Å². The van der Waals surface area contributed by atoms with Gasteiger partial charge in [0.05, 0.1) is 10.7 Å². The van der Waals surface area contributed by atoms with Gasteiger partial charge in [0.25, 0.3) is 0 Å². The van der Waals surface area contributed by atoms with E-state index in [9.17, 15) is 0 Å². The van der Waals surface area contributed by atoms with Crippen molar-refractivity contribution in [2.45, 2.75) is 18.9 Å². The average molecular weight is 259 g/mol. The van der Waals surface area contributed by atoms with Crippen molar-refractivity contribution >= 4 is 28.9 Å². The Kier molecular flexibility index (Phi) is 3.95. The fraction of sp³-hybridized carbons (Fsp3) is 0.500. The molecule has 4 heteroatoms. The van der Waals surface area contributed by atoms with Crippen LogP contribution in [0.25, 0.3) is 0 Å². The van der Waals surface area contributed by atoms with Crippen molar-refractivity contribution in [1.82, 2.24) is 4.90 Å². The third-order valence-corrected chi connectivity index (χ3v) is 3.48. The van der Waals surface area contributed by atoms with Gasteiger partial charge in [0, 0.05) is 17.6 Å². The molecule has 0 amide bonds. The summed E-state index contributed by atoms with van der Waals surface area (Å²) in [6.07, 6.45) is 2.42. The van der Waals surface area contributed by atoms with Gasteiger partial charge in [-0.1, -0.05) is 23.2 Å². The zero-order valence-corrected chi connectivity index (χ0v) is 10.9. The van der Waals surface area contributed by atoms with Gasteiger partial charge in [-0.05, 0) is 44.6 Å². The zero-order chi connectivity index (χ0) is 11.5. The third kappa shape index (κ3) is 3.03. The van der Waals surface area contributed by atoms with E-state index in [-0.39, 0.29) is 0 Å². The molecular formula is C12H16Cl2N2. The topological polar surface area (TPSA) is 15.3 Å². The van der Waals surface area contributed by atoms with Crippen LogP contribution in [0.1, 0.15) is 12.8 Å². The number of nitrogens with zero attached hydrogens (tertiary/aromatic N) is 1. The molecular weight excluding hydrogens is 243 g/mol. The molecule has 2 rings (SSSR count). The molecule has 2 nitrogen and oxygen atoms in total. The highest BCUT2D eigenvalue weighted by Crippen LogP contribution is 2.27. The summed E-state index contributed by atoms with van der Waals surface area (Å²) in [6, 6.07) is 5.99. The second-order valence-electron chi connectivity index (χ2n) is 4.37. The first-order valence-corrected chi connectivity index (χ1v) is 6.31. The van der Waals surface area contributed by atoms with Crippen LogP contribution in [0.5, 0.6) is 0 Å². The molecule has 1 fully saturated rings. The van der Waals surface area contributed by atoms with Gasteiger partial charge in [-0.3, -0.25) is 0 Å². The van der Waals surface area contributed by atoms with Crippen LogP contribution in [-0.2, 0) is 0 Å². The molecule has 0 aromatic heterocycles. The first kappa shape index (κ1) is 12.0. The van der Waals surface area contributed by atoms with E-state index >= 15 is 0 Å². The number of likely N-dealkylation sites (tertiary alicyclic amines) is 1. The largest absolute Gasteiger partial charge is 0.380 e. The van der Waals surface area contributed by atoms with Gasteiger partial charge < -0.3 is 10.2 Å². The van der Waals surface area contributed by atoms with Gasteiger partial charge in [0.15, 0.2) is 0 Å². The predicted molar refractivity (Wildman–Crippen MR) is 70.6 cm³/mol. The Hall–Kier alpha value is -0.440. The molecule has 1 aliphatic heterocycles. The van der Waals surface area contributed by atoms with Crippen LogP contribution >= 0.6 is 23.2 Å². The molecule has 1 unspecified atom stereocenters. The normalized spacial score (nSPS) is 22.1. The smallest absolute Gasteiger partial charge is 0.0638 e. The van der Waals surface area contributed by atoms with E-state index in [4.69, 9.17) is 23.2 Å². The lowest BCUT2D eigenvalue weighted by Gasteiger charge is -2.31. The SMILES string of the molecule is CN1CCCC(Nc2cc(Cl)ccc2Cl)C1. The van der Waals surface area contributed by atoms with Crippen molar-refractivity contribution in [2.24, 2.45) is 0 Å². The molecule has 1 heterocycles. The highest BCUT2D eigenvalue weighted by atomic mass is 35.5. The Morgan fingerprint density at radius 2 is 2.19 bits per heavy atom. The Labute approximate surface area is 107 Å². The second-order valence-corrected chi connectivity index (χ2v) is 5.21. The maximum absolute atomic E-state index is 6.12. The predicted octanol–water partition coefficient (Wildman–Crippen LogP) is 3.50. The first-order chi connectivity index (χ1) is 7.65. The van der Waals surface area contributed by atoms with Crippen LogP contribution in [0.3, 0.4) is 0 Å². The summed E-state index contributed by atoms with van der Waals surface area (Å²) in [7, 11) is 2.15. The quantitative estimate of drug-likeness (QED) is 0.874. The van der Waals surface area contributed by atoms with E-state index in [1.54, 1.807) is 0 Å². The number of piperidine rings is 1. The zero-order valence-electron chi connectivity index (χ0n) is 9.34. The molecule has 0 bridgehead atoms. The summed E-state index contributed by atoms with van der Waals surface area (Å²) >= 11 is 12.1. The van der Waals surface area contributed by atoms with Crippen molar-refractivity contribution in [1.29, 1.82) is 0 Å². The van der Waals surface area contributed by atoms with Gasteiger partial charge in [0.1, 0.15) is 0 Å². The molecule has 1 aromatic rings. The van der Waals surface area contributed by atoms with E-state index in [0.717, 1.165) is 22.3 Å². The minimum Gasteiger partial charge on any atom is -0.380 e. The summed E-state index contributed by atoms with van der Waals surface area (Å²) in [6.45, 7) is 2.24. The van der Waals surface area contributed by atoms with E-state index in [1.165, 1.54) is 19.4 Å². The average Bonchev–Trinajstić information content (AvgIpc) is 2.24. The molecule has 0 aliphatic carbocycles. The number of hydrogen-bond donors (Lipinski definition) is 1. The van der Waals surface area contributed by atoms with Gasteiger partial charge in [-0.15, -0.1) is 0 Å². The highest BCUT2D eigenvalue weighted by Gasteiger charge is 2.17. The molecule has 1 saturated heterocycles. The van der Waals surface area contributed by atoms with Crippen molar-refractivity contribution in [3.8, 4) is 0 Å². The number of halogens is 2. The van der Waals surface area contributed by atoms with Crippen molar-refractivity contribution in [3.05, 3.63) is 28.2 Å². The van der Waals surface area contributed by atoms with Crippen molar-refractivity contribution < 1.29 is 0 Å². The monoisotopic (exact) mass is 258 g/mol. The maximum atomic E-state index is 6.12. The summed E-state index contributed by atoms with van der Waals surface area (Å²) < 4.78 is 0. The lowest BCUT2D eigenvalue weighted by atomic mass is 10.1. The minimum atomic E-state index is 0.467. The molecule has 1 N–H and O–H groups in total. The van der Waals surface area contributed by atoms with Crippen LogP contribution < -0.4 is 5.32 Å². The molecule has 0 spiro atoms. The number of likely N-dealkylation sites (N-methyl/N-ethyl adjacent to an activating group) is 1.